The Kier molecular flexibility index (Phi) is 3.47. The fraction of sp³-hybridized carbons (Fsp3) is 0.538. The van der Waals surface area contributed by atoms with E-state index in [2.05, 4.69) is 15.9 Å². The quantitative estimate of drug-likeness (QED) is 0.852. The summed E-state index contributed by atoms with van der Waals surface area (Å²) < 4.78 is 16.4. The van der Waals surface area contributed by atoms with Crippen LogP contribution in [0.15, 0.2) is 12.1 Å². The van der Waals surface area contributed by atoms with E-state index >= 15 is 0 Å². The normalized spacial score (nSPS) is 25.0. The molecule has 1 aliphatic heterocycles. The van der Waals surface area contributed by atoms with Gasteiger partial charge in [0.25, 0.3) is 0 Å². The predicted octanol–water partition coefficient (Wildman–Crippen LogP) is 2.67. The molecule has 100 valence electrons. The van der Waals surface area contributed by atoms with Crippen LogP contribution in [0.1, 0.15) is 25.5 Å². The van der Waals surface area contributed by atoms with Crippen LogP contribution in [0, 0.1) is 0 Å². The second-order valence-corrected chi connectivity index (χ2v) is 5.78. The van der Waals surface area contributed by atoms with Crippen LogP contribution >= 0.6 is 15.9 Å². The first-order chi connectivity index (χ1) is 8.40. The third-order valence-corrected chi connectivity index (χ3v) is 4.75. The Balaban J connectivity index is 2.54. The van der Waals surface area contributed by atoms with Gasteiger partial charge in [-0.1, -0.05) is 15.9 Å². The molecule has 0 radical (unpaired) electrons. The van der Waals surface area contributed by atoms with Gasteiger partial charge in [0.05, 0.1) is 25.2 Å². The third kappa shape index (κ3) is 2.06. The van der Waals surface area contributed by atoms with E-state index in [0.717, 1.165) is 0 Å². The molecule has 1 unspecified atom stereocenters. The molecule has 0 aliphatic carbocycles. The van der Waals surface area contributed by atoms with Crippen molar-refractivity contribution in [2.24, 2.45) is 0 Å². The highest BCUT2D eigenvalue weighted by Crippen LogP contribution is 2.47. The summed E-state index contributed by atoms with van der Waals surface area (Å²) in [5.41, 5.74) is 0.209. The second-order valence-electron chi connectivity index (χ2n) is 4.80. The fourth-order valence-corrected chi connectivity index (χ4v) is 2.45. The molecular formula is C13H17BrO4. The summed E-state index contributed by atoms with van der Waals surface area (Å²) in [6, 6.07) is 3.50. The van der Waals surface area contributed by atoms with Crippen molar-refractivity contribution in [2.75, 3.05) is 14.2 Å². The number of aliphatic hydroxyl groups is 1. The molecule has 2 atom stereocenters. The van der Waals surface area contributed by atoms with E-state index in [9.17, 15) is 5.11 Å². The number of ether oxygens (including phenoxy) is 3. The molecule has 0 amide bonds. The monoisotopic (exact) mass is 316 g/mol. The van der Waals surface area contributed by atoms with Crippen molar-refractivity contribution in [3.05, 3.63) is 17.7 Å². The first-order valence-corrected chi connectivity index (χ1v) is 6.59. The zero-order valence-electron chi connectivity index (χ0n) is 10.9. The summed E-state index contributed by atoms with van der Waals surface area (Å²) >= 11 is 3.48. The molecule has 1 aromatic carbocycles. The first kappa shape index (κ1) is 13.5. The van der Waals surface area contributed by atoms with Gasteiger partial charge in [-0.25, -0.2) is 0 Å². The van der Waals surface area contributed by atoms with E-state index in [0.29, 0.717) is 22.8 Å². The maximum Gasteiger partial charge on any atom is 0.164 e. The van der Waals surface area contributed by atoms with Gasteiger partial charge >= 0.3 is 0 Å². The molecule has 0 saturated carbocycles. The molecule has 18 heavy (non-hydrogen) atoms. The number of benzene rings is 1. The number of rotatable bonds is 2. The molecule has 5 heteroatoms. The predicted molar refractivity (Wildman–Crippen MR) is 71.9 cm³/mol. The maximum absolute atomic E-state index is 10.3. The number of hydrogen-bond donors (Lipinski definition) is 1. The Hall–Kier alpha value is -0.940. The van der Waals surface area contributed by atoms with Crippen molar-refractivity contribution in [1.29, 1.82) is 0 Å². The van der Waals surface area contributed by atoms with Crippen molar-refractivity contribution in [3.8, 4) is 17.2 Å². The summed E-state index contributed by atoms with van der Waals surface area (Å²) in [4.78, 5) is -0.185. The van der Waals surface area contributed by atoms with Gasteiger partial charge in [-0.2, -0.15) is 0 Å². The number of methoxy groups -OCH3 is 2. The second kappa shape index (κ2) is 4.63. The van der Waals surface area contributed by atoms with Crippen molar-refractivity contribution < 1.29 is 19.3 Å². The minimum Gasteiger partial charge on any atom is -0.493 e. The minimum absolute atomic E-state index is 0.185. The van der Waals surface area contributed by atoms with Crippen LogP contribution in [-0.4, -0.2) is 29.8 Å². The fourth-order valence-electron chi connectivity index (χ4n) is 2.07. The molecule has 4 nitrogen and oxygen atoms in total. The van der Waals surface area contributed by atoms with Gasteiger partial charge in [0.15, 0.2) is 11.5 Å². The SMILES string of the molecule is COc1cc2c(cc1OC)C(O)[C@H](Br)C(C)(C)O2. The summed E-state index contributed by atoms with van der Waals surface area (Å²) in [5.74, 6) is 1.80. The molecule has 0 fully saturated rings. The number of fused-ring (bicyclic) bond motifs is 1. The Bertz CT molecular complexity index is 459. The van der Waals surface area contributed by atoms with E-state index < -0.39 is 11.7 Å². The lowest BCUT2D eigenvalue weighted by Crippen LogP contribution is -2.45. The standard InChI is InChI=1S/C13H17BrO4/c1-13(2)12(14)11(15)7-5-9(16-3)10(17-4)6-8(7)18-13/h5-6,11-12,15H,1-4H3/t11?,12-/m0/s1. The van der Waals surface area contributed by atoms with E-state index in [1.54, 1.807) is 26.4 Å². The van der Waals surface area contributed by atoms with Crippen LogP contribution in [0.4, 0.5) is 0 Å². The molecule has 1 heterocycles. The number of halogens is 1. The summed E-state index contributed by atoms with van der Waals surface area (Å²) in [6.45, 7) is 3.85. The van der Waals surface area contributed by atoms with E-state index in [-0.39, 0.29) is 4.83 Å². The lowest BCUT2D eigenvalue weighted by Gasteiger charge is -2.40. The highest BCUT2D eigenvalue weighted by atomic mass is 79.9. The molecule has 0 bridgehead atoms. The number of aliphatic hydroxyl groups excluding tert-OH is 1. The Morgan fingerprint density at radius 3 is 2.33 bits per heavy atom. The van der Waals surface area contributed by atoms with Crippen LogP contribution in [-0.2, 0) is 0 Å². The number of hydrogen-bond acceptors (Lipinski definition) is 4. The van der Waals surface area contributed by atoms with Crippen molar-refractivity contribution >= 4 is 15.9 Å². The lowest BCUT2D eigenvalue weighted by atomic mass is 9.91. The molecule has 2 rings (SSSR count). The summed E-state index contributed by atoms with van der Waals surface area (Å²) in [7, 11) is 3.14. The van der Waals surface area contributed by atoms with E-state index in [1.165, 1.54) is 0 Å². The van der Waals surface area contributed by atoms with Crippen molar-refractivity contribution in [2.45, 2.75) is 30.4 Å². The molecular weight excluding hydrogens is 300 g/mol. The van der Waals surface area contributed by atoms with E-state index in [4.69, 9.17) is 14.2 Å². The molecule has 1 aromatic rings. The molecule has 0 aromatic heterocycles. The smallest absolute Gasteiger partial charge is 0.164 e. The van der Waals surface area contributed by atoms with Crippen LogP contribution < -0.4 is 14.2 Å². The van der Waals surface area contributed by atoms with Gasteiger partial charge in [-0.05, 0) is 19.9 Å². The van der Waals surface area contributed by atoms with Gasteiger partial charge < -0.3 is 19.3 Å². The van der Waals surface area contributed by atoms with Crippen molar-refractivity contribution in [3.63, 3.8) is 0 Å². The molecule has 1 aliphatic rings. The average Bonchev–Trinajstić information content (AvgIpc) is 2.34. The zero-order valence-corrected chi connectivity index (χ0v) is 12.4. The van der Waals surface area contributed by atoms with Gasteiger partial charge in [0, 0.05) is 11.6 Å². The Labute approximate surface area is 115 Å². The van der Waals surface area contributed by atoms with Crippen LogP contribution in [0.5, 0.6) is 17.2 Å². The van der Waals surface area contributed by atoms with Gasteiger partial charge in [-0.3, -0.25) is 0 Å². The largest absolute Gasteiger partial charge is 0.493 e. The lowest BCUT2D eigenvalue weighted by molar-refractivity contribution is 0.0221. The first-order valence-electron chi connectivity index (χ1n) is 5.67. The van der Waals surface area contributed by atoms with Crippen LogP contribution in [0.3, 0.4) is 0 Å². The highest BCUT2D eigenvalue weighted by molar-refractivity contribution is 9.09. The summed E-state index contributed by atoms with van der Waals surface area (Å²) in [5, 5.41) is 10.3. The summed E-state index contributed by atoms with van der Waals surface area (Å²) in [6.07, 6.45) is -0.649. The minimum atomic E-state index is -0.649. The van der Waals surface area contributed by atoms with Gasteiger partial charge in [0.2, 0.25) is 0 Å². The van der Waals surface area contributed by atoms with Gasteiger partial charge in [-0.15, -0.1) is 0 Å². The Morgan fingerprint density at radius 1 is 1.22 bits per heavy atom. The molecule has 0 saturated heterocycles. The maximum atomic E-state index is 10.3. The number of alkyl halides is 1. The topological polar surface area (TPSA) is 47.9 Å². The third-order valence-electron chi connectivity index (χ3n) is 3.15. The van der Waals surface area contributed by atoms with Crippen LogP contribution in [0.2, 0.25) is 0 Å². The Morgan fingerprint density at radius 2 is 1.78 bits per heavy atom. The molecule has 0 spiro atoms. The molecule has 1 N–H and O–H groups in total. The van der Waals surface area contributed by atoms with Crippen LogP contribution in [0.25, 0.3) is 0 Å². The zero-order chi connectivity index (χ0) is 13.5. The highest BCUT2D eigenvalue weighted by Gasteiger charge is 2.42. The average molecular weight is 317 g/mol. The van der Waals surface area contributed by atoms with E-state index in [1.807, 2.05) is 13.8 Å². The van der Waals surface area contributed by atoms with Gasteiger partial charge in [0.1, 0.15) is 11.4 Å². The van der Waals surface area contributed by atoms with Crippen molar-refractivity contribution in [1.82, 2.24) is 0 Å².